The van der Waals surface area contributed by atoms with Crippen LogP contribution >= 0.6 is 11.3 Å². The van der Waals surface area contributed by atoms with Crippen LogP contribution in [0.4, 0.5) is 10.5 Å². The molecule has 1 heterocycles. The number of ether oxygens (including phenoxy) is 1. The van der Waals surface area contributed by atoms with Gasteiger partial charge in [-0.25, -0.2) is 9.59 Å². The smallest absolute Gasteiger partial charge is 0.340 e. The van der Waals surface area contributed by atoms with Crippen molar-refractivity contribution >= 4 is 29.0 Å². The Balaban J connectivity index is 1.93. The highest BCUT2D eigenvalue weighted by Crippen LogP contribution is 2.16. The number of esters is 1. The van der Waals surface area contributed by atoms with Gasteiger partial charge in [0.05, 0.1) is 24.4 Å². The molecule has 2 N–H and O–H groups in total. The Morgan fingerprint density at radius 1 is 1.17 bits per heavy atom. The third kappa shape index (κ3) is 5.41. The summed E-state index contributed by atoms with van der Waals surface area (Å²) in [6.45, 7) is 2.86. The number of unbranched alkanes of at least 4 members (excludes halogenated alkanes) is 1. The van der Waals surface area contributed by atoms with Crippen LogP contribution in [0.1, 0.15) is 35.0 Å². The van der Waals surface area contributed by atoms with Crippen LogP contribution in [0.25, 0.3) is 0 Å². The minimum Gasteiger partial charge on any atom is -0.462 e. The van der Waals surface area contributed by atoms with Crippen LogP contribution in [0.2, 0.25) is 0 Å². The summed E-state index contributed by atoms with van der Waals surface area (Å²) >= 11 is 1.57. The predicted octanol–water partition coefficient (Wildman–Crippen LogP) is 4.03. The van der Waals surface area contributed by atoms with Crippen LogP contribution < -0.4 is 10.6 Å². The molecular weight excluding hydrogens is 312 g/mol. The number of carbonyl (C=O) groups is 2. The van der Waals surface area contributed by atoms with Crippen molar-refractivity contribution in [2.45, 2.75) is 26.3 Å². The third-order valence-electron chi connectivity index (χ3n) is 3.13. The highest BCUT2D eigenvalue weighted by Gasteiger charge is 2.14. The number of nitrogens with one attached hydrogen (secondary N) is 2. The molecule has 0 spiro atoms. The van der Waals surface area contributed by atoms with E-state index in [1.807, 2.05) is 24.4 Å². The van der Waals surface area contributed by atoms with Gasteiger partial charge in [0.25, 0.3) is 0 Å². The lowest BCUT2D eigenvalue weighted by molar-refractivity contribution is 0.0501. The van der Waals surface area contributed by atoms with Gasteiger partial charge in [-0.3, -0.25) is 0 Å². The summed E-state index contributed by atoms with van der Waals surface area (Å²) in [7, 11) is 0. The van der Waals surface area contributed by atoms with Gasteiger partial charge in [0, 0.05) is 4.88 Å². The molecule has 0 saturated heterocycles. The lowest BCUT2D eigenvalue weighted by Crippen LogP contribution is -2.28. The molecule has 6 heteroatoms. The minimum atomic E-state index is -0.424. The standard InChI is InChI=1S/C17H20N2O3S/c1-2-3-10-22-16(20)14-8-4-5-9-15(14)19-17(21)18-12-13-7-6-11-23-13/h4-9,11H,2-3,10,12H2,1H3,(H2,18,19,21). The van der Waals surface area contributed by atoms with Crippen LogP contribution in [0.15, 0.2) is 41.8 Å². The Kier molecular flexibility index (Phi) is 6.62. The van der Waals surface area contributed by atoms with Gasteiger partial charge >= 0.3 is 12.0 Å². The average molecular weight is 332 g/mol. The Labute approximate surface area is 139 Å². The van der Waals surface area contributed by atoms with Gasteiger partial charge in [0.1, 0.15) is 0 Å². The first-order valence-corrected chi connectivity index (χ1v) is 8.42. The number of hydrogen-bond donors (Lipinski definition) is 2. The molecule has 0 unspecified atom stereocenters. The van der Waals surface area contributed by atoms with E-state index in [2.05, 4.69) is 10.6 Å². The molecule has 0 aliphatic carbocycles. The number of hydrogen-bond acceptors (Lipinski definition) is 4. The van der Waals surface area contributed by atoms with Crippen molar-refractivity contribution in [1.82, 2.24) is 5.32 Å². The van der Waals surface area contributed by atoms with E-state index < -0.39 is 5.97 Å². The van der Waals surface area contributed by atoms with E-state index in [1.54, 1.807) is 35.6 Å². The summed E-state index contributed by atoms with van der Waals surface area (Å²) < 4.78 is 5.20. The molecule has 0 atom stereocenters. The van der Waals surface area contributed by atoms with Crippen molar-refractivity contribution in [3.05, 3.63) is 52.2 Å². The van der Waals surface area contributed by atoms with Crippen LogP contribution in [0, 0.1) is 0 Å². The van der Waals surface area contributed by atoms with E-state index in [9.17, 15) is 9.59 Å². The molecule has 0 saturated carbocycles. The van der Waals surface area contributed by atoms with E-state index in [0.29, 0.717) is 24.4 Å². The summed E-state index contributed by atoms with van der Waals surface area (Å²) in [4.78, 5) is 25.1. The van der Waals surface area contributed by atoms with Crippen molar-refractivity contribution in [2.24, 2.45) is 0 Å². The average Bonchev–Trinajstić information content (AvgIpc) is 3.07. The quantitative estimate of drug-likeness (QED) is 0.594. The molecule has 0 aliphatic heterocycles. The van der Waals surface area contributed by atoms with E-state index in [-0.39, 0.29) is 6.03 Å². The van der Waals surface area contributed by atoms with Crippen LogP contribution in [-0.2, 0) is 11.3 Å². The summed E-state index contributed by atoms with van der Waals surface area (Å²) in [6, 6.07) is 10.4. The van der Waals surface area contributed by atoms with Gasteiger partial charge in [0.2, 0.25) is 0 Å². The van der Waals surface area contributed by atoms with E-state index in [1.165, 1.54) is 0 Å². The van der Waals surface area contributed by atoms with Gasteiger partial charge in [0.15, 0.2) is 0 Å². The molecule has 5 nitrogen and oxygen atoms in total. The first-order chi connectivity index (χ1) is 11.2. The van der Waals surface area contributed by atoms with Crippen molar-refractivity contribution in [2.75, 3.05) is 11.9 Å². The van der Waals surface area contributed by atoms with E-state index in [4.69, 9.17) is 4.74 Å². The number of anilines is 1. The highest BCUT2D eigenvalue weighted by molar-refractivity contribution is 7.09. The largest absolute Gasteiger partial charge is 0.462 e. The maximum atomic E-state index is 12.1. The van der Waals surface area contributed by atoms with Crippen molar-refractivity contribution in [1.29, 1.82) is 0 Å². The predicted molar refractivity (Wildman–Crippen MR) is 91.8 cm³/mol. The normalized spacial score (nSPS) is 10.1. The molecule has 0 radical (unpaired) electrons. The monoisotopic (exact) mass is 332 g/mol. The molecule has 1 aromatic heterocycles. The zero-order chi connectivity index (χ0) is 16.5. The molecule has 0 bridgehead atoms. The van der Waals surface area contributed by atoms with Gasteiger partial charge in [-0.1, -0.05) is 31.5 Å². The first-order valence-electron chi connectivity index (χ1n) is 7.54. The first kappa shape index (κ1) is 17.0. The molecule has 2 amide bonds. The van der Waals surface area contributed by atoms with Crippen molar-refractivity contribution < 1.29 is 14.3 Å². The number of benzene rings is 1. The summed E-state index contributed by atoms with van der Waals surface area (Å²) in [5.74, 6) is -0.424. The highest BCUT2D eigenvalue weighted by atomic mass is 32.1. The van der Waals surface area contributed by atoms with Crippen LogP contribution in [-0.4, -0.2) is 18.6 Å². The second kappa shape index (κ2) is 8.95. The van der Waals surface area contributed by atoms with Gasteiger partial charge < -0.3 is 15.4 Å². The van der Waals surface area contributed by atoms with Crippen molar-refractivity contribution in [3.63, 3.8) is 0 Å². The van der Waals surface area contributed by atoms with Gasteiger partial charge in [-0.15, -0.1) is 11.3 Å². The Bertz CT molecular complexity index is 641. The second-order valence-electron chi connectivity index (χ2n) is 4.92. The number of carbonyl (C=O) groups excluding carboxylic acids is 2. The molecule has 122 valence electrons. The molecule has 1 aromatic carbocycles. The fraction of sp³-hybridized carbons (Fsp3) is 0.294. The fourth-order valence-electron chi connectivity index (χ4n) is 1.90. The van der Waals surface area contributed by atoms with E-state index >= 15 is 0 Å². The second-order valence-corrected chi connectivity index (χ2v) is 5.95. The SMILES string of the molecule is CCCCOC(=O)c1ccccc1NC(=O)NCc1cccs1. The molecule has 0 fully saturated rings. The Morgan fingerprint density at radius 3 is 2.74 bits per heavy atom. The molecule has 23 heavy (non-hydrogen) atoms. The zero-order valence-corrected chi connectivity index (χ0v) is 13.8. The summed E-state index contributed by atoms with van der Waals surface area (Å²) in [5.41, 5.74) is 0.799. The lowest BCUT2D eigenvalue weighted by Gasteiger charge is -2.11. The number of para-hydroxylation sites is 1. The maximum absolute atomic E-state index is 12.1. The summed E-state index contributed by atoms with van der Waals surface area (Å²) in [6.07, 6.45) is 1.78. The third-order valence-corrected chi connectivity index (χ3v) is 4.01. The molecular formula is C17H20N2O3S. The van der Waals surface area contributed by atoms with Crippen LogP contribution in [0.5, 0.6) is 0 Å². The number of thiophene rings is 1. The molecule has 2 rings (SSSR count). The van der Waals surface area contributed by atoms with Gasteiger partial charge in [-0.05, 0) is 30.0 Å². The van der Waals surface area contributed by atoms with Gasteiger partial charge in [-0.2, -0.15) is 0 Å². The Morgan fingerprint density at radius 2 is 2.00 bits per heavy atom. The number of amides is 2. The minimum absolute atomic E-state index is 0.354. The molecule has 0 aliphatic rings. The summed E-state index contributed by atoms with van der Waals surface area (Å²) in [5, 5.41) is 7.41. The fourth-order valence-corrected chi connectivity index (χ4v) is 2.55. The number of rotatable bonds is 7. The zero-order valence-electron chi connectivity index (χ0n) is 13.0. The van der Waals surface area contributed by atoms with E-state index in [0.717, 1.165) is 17.7 Å². The number of urea groups is 1. The topological polar surface area (TPSA) is 67.4 Å². The lowest BCUT2D eigenvalue weighted by atomic mass is 10.2. The maximum Gasteiger partial charge on any atom is 0.340 e. The Hall–Kier alpha value is -2.34. The van der Waals surface area contributed by atoms with Crippen molar-refractivity contribution in [3.8, 4) is 0 Å². The van der Waals surface area contributed by atoms with Crippen LogP contribution in [0.3, 0.4) is 0 Å². The molecule has 2 aromatic rings.